The number of halogens is 3. The fourth-order valence-corrected chi connectivity index (χ4v) is 2.13. The van der Waals surface area contributed by atoms with Gasteiger partial charge in [0.1, 0.15) is 0 Å². The van der Waals surface area contributed by atoms with Crippen LogP contribution in [0.4, 0.5) is 25.1 Å². The Balaban J connectivity index is 2.26. The summed E-state index contributed by atoms with van der Waals surface area (Å²) in [4.78, 5) is 19.0. The van der Waals surface area contributed by atoms with Crippen LogP contribution in [0.3, 0.4) is 0 Å². The Morgan fingerprint density at radius 2 is 1.50 bits per heavy atom. The minimum Gasteiger partial charge on any atom is -0.368 e. The van der Waals surface area contributed by atoms with Gasteiger partial charge in [0, 0.05) is 47.7 Å². The molecule has 0 spiro atoms. The van der Waals surface area contributed by atoms with Crippen molar-refractivity contribution in [2.75, 3.05) is 11.5 Å². The van der Waals surface area contributed by atoms with Crippen molar-refractivity contribution in [2.24, 2.45) is 0 Å². The predicted molar refractivity (Wildman–Crippen MR) is 80.1 cm³/mol. The first-order valence-corrected chi connectivity index (χ1v) is 6.58. The lowest BCUT2D eigenvalue weighted by Crippen LogP contribution is -2.09. The molecule has 10 heteroatoms. The highest BCUT2D eigenvalue weighted by atomic mass is 19.4. The molecule has 0 unspecified atom stereocenters. The van der Waals surface area contributed by atoms with Gasteiger partial charge in [-0.3, -0.25) is 4.98 Å². The van der Waals surface area contributed by atoms with E-state index in [9.17, 15) is 13.2 Å². The summed E-state index contributed by atoms with van der Waals surface area (Å²) in [6.07, 6.45) is 1.34. The Kier molecular flexibility index (Phi) is 3.72. The average molecular weight is 333 g/mol. The third-order valence-corrected chi connectivity index (χ3v) is 3.17. The zero-order valence-corrected chi connectivity index (χ0v) is 12.0. The number of alkyl halides is 3. The van der Waals surface area contributed by atoms with Crippen molar-refractivity contribution in [3.05, 3.63) is 42.6 Å². The molecule has 0 aliphatic heterocycles. The minimum atomic E-state index is -4.58. The Hall–Kier alpha value is -3.30. The molecular weight excluding hydrogens is 323 g/mol. The summed E-state index contributed by atoms with van der Waals surface area (Å²) in [5.41, 5.74) is 10.6. The highest BCUT2D eigenvalue weighted by molar-refractivity contribution is 5.82. The fourth-order valence-electron chi connectivity index (χ4n) is 2.13. The van der Waals surface area contributed by atoms with E-state index < -0.39 is 11.7 Å². The highest BCUT2D eigenvalue weighted by Crippen LogP contribution is 2.39. The van der Waals surface area contributed by atoms with E-state index in [2.05, 4.69) is 24.9 Å². The molecule has 3 rings (SSSR count). The maximum absolute atomic E-state index is 13.3. The molecule has 0 saturated heterocycles. The third kappa shape index (κ3) is 2.93. The maximum Gasteiger partial charge on any atom is 0.418 e. The van der Waals surface area contributed by atoms with E-state index in [1.54, 1.807) is 0 Å². The monoisotopic (exact) mass is 333 g/mol. The molecular formula is C14H10F3N7. The summed E-state index contributed by atoms with van der Waals surface area (Å²) in [6, 6.07) is 1.24. The molecule has 0 bridgehead atoms. The summed E-state index contributed by atoms with van der Waals surface area (Å²) < 4.78 is 39.8. The zero-order valence-electron chi connectivity index (χ0n) is 12.0. The van der Waals surface area contributed by atoms with Crippen molar-refractivity contribution >= 4 is 11.9 Å². The van der Waals surface area contributed by atoms with E-state index in [0.29, 0.717) is 5.56 Å². The molecule has 7 nitrogen and oxygen atoms in total. The fraction of sp³-hybridized carbons (Fsp3) is 0.0714. The number of rotatable bonds is 2. The minimum absolute atomic E-state index is 0.0298. The van der Waals surface area contributed by atoms with Gasteiger partial charge in [0.05, 0.1) is 11.3 Å². The van der Waals surface area contributed by atoms with Crippen LogP contribution in [-0.4, -0.2) is 24.9 Å². The summed E-state index contributed by atoms with van der Waals surface area (Å²) in [6.45, 7) is 0. The SMILES string of the molecule is Nc1ncc(-c2nc(N)ncc2-c2ccncc2C(F)(F)F)cn1. The molecule has 4 N–H and O–H groups in total. The first-order chi connectivity index (χ1) is 11.4. The van der Waals surface area contributed by atoms with Gasteiger partial charge in [-0.1, -0.05) is 0 Å². The normalized spacial score (nSPS) is 11.5. The molecule has 0 amide bonds. The van der Waals surface area contributed by atoms with Crippen LogP contribution in [0.2, 0.25) is 0 Å². The van der Waals surface area contributed by atoms with Crippen LogP contribution in [0.15, 0.2) is 37.1 Å². The van der Waals surface area contributed by atoms with Crippen molar-refractivity contribution < 1.29 is 13.2 Å². The predicted octanol–water partition coefficient (Wildman–Crippen LogP) is 2.18. The Labute approximate surface area is 133 Å². The largest absolute Gasteiger partial charge is 0.418 e. The van der Waals surface area contributed by atoms with Crippen molar-refractivity contribution in [1.82, 2.24) is 24.9 Å². The summed E-state index contributed by atoms with van der Waals surface area (Å²) in [5, 5.41) is 0. The first-order valence-electron chi connectivity index (χ1n) is 6.58. The van der Waals surface area contributed by atoms with Crippen LogP contribution in [0, 0.1) is 0 Å². The van der Waals surface area contributed by atoms with Crippen LogP contribution >= 0.6 is 0 Å². The van der Waals surface area contributed by atoms with Gasteiger partial charge < -0.3 is 11.5 Å². The molecule has 24 heavy (non-hydrogen) atoms. The second-order valence-electron chi connectivity index (χ2n) is 4.74. The van der Waals surface area contributed by atoms with Crippen LogP contribution in [-0.2, 0) is 6.18 Å². The van der Waals surface area contributed by atoms with Crippen molar-refractivity contribution in [2.45, 2.75) is 6.18 Å². The van der Waals surface area contributed by atoms with Crippen LogP contribution < -0.4 is 11.5 Å². The van der Waals surface area contributed by atoms with Gasteiger partial charge in [0.15, 0.2) is 0 Å². The van der Waals surface area contributed by atoms with Gasteiger partial charge >= 0.3 is 6.18 Å². The van der Waals surface area contributed by atoms with Crippen LogP contribution in [0.5, 0.6) is 0 Å². The topological polar surface area (TPSA) is 116 Å². The number of hydrogen-bond donors (Lipinski definition) is 2. The maximum atomic E-state index is 13.3. The van der Waals surface area contributed by atoms with Crippen molar-refractivity contribution in [1.29, 1.82) is 0 Å². The van der Waals surface area contributed by atoms with Gasteiger partial charge in [0.25, 0.3) is 0 Å². The molecule has 122 valence electrons. The van der Waals surface area contributed by atoms with E-state index in [1.165, 1.54) is 30.9 Å². The van der Waals surface area contributed by atoms with Crippen LogP contribution in [0.25, 0.3) is 22.4 Å². The number of hydrogen-bond acceptors (Lipinski definition) is 7. The number of nitrogen functional groups attached to an aromatic ring is 2. The number of anilines is 2. The van der Waals surface area contributed by atoms with E-state index in [4.69, 9.17) is 11.5 Å². The second kappa shape index (κ2) is 5.72. The van der Waals surface area contributed by atoms with E-state index >= 15 is 0 Å². The molecule has 0 fully saturated rings. The Morgan fingerprint density at radius 3 is 2.17 bits per heavy atom. The lowest BCUT2D eigenvalue weighted by atomic mass is 9.99. The molecule has 0 saturated carbocycles. The molecule has 0 radical (unpaired) electrons. The molecule has 0 aliphatic rings. The molecule has 3 aromatic rings. The van der Waals surface area contributed by atoms with E-state index in [1.807, 2.05) is 0 Å². The van der Waals surface area contributed by atoms with Gasteiger partial charge in [-0.25, -0.2) is 19.9 Å². The molecule has 3 aromatic heterocycles. The zero-order chi connectivity index (χ0) is 17.3. The van der Waals surface area contributed by atoms with Gasteiger partial charge in [-0.15, -0.1) is 0 Å². The smallest absolute Gasteiger partial charge is 0.368 e. The molecule has 0 aromatic carbocycles. The summed E-state index contributed by atoms with van der Waals surface area (Å²) in [5.74, 6) is -0.0598. The van der Waals surface area contributed by atoms with E-state index in [-0.39, 0.29) is 28.7 Å². The van der Waals surface area contributed by atoms with Gasteiger partial charge in [-0.05, 0) is 6.07 Å². The van der Waals surface area contributed by atoms with Gasteiger partial charge in [0.2, 0.25) is 11.9 Å². The average Bonchev–Trinajstić information content (AvgIpc) is 2.55. The second-order valence-corrected chi connectivity index (χ2v) is 4.74. The van der Waals surface area contributed by atoms with E-state index in [0.717, 1.165) is 6.20 Å². The van der Waals surface area contributed by atoms with Crippen molar-refractivity contribution in [3.8, 4) is 22.4 Å². The first kappa shape index (κ1) is 15.6. The summed E-state index contributed by atoms with van der Waals surface area (Å²) >= 11 is 0. The summed E-state index contributed by atoms with van der Waals surface area (Å²) in [7, 11) is 0. The lowest BCUT2D eigenvalue weighted by molar-refractivity contribution is -0.137. The standard InChI is InChI=1S/C14H10F3N7/c15-14(16,17)10-6-20-2-1-8(10)9-5-23-13(19)24-11(9)7-3-21-12(18)22-4-7/h1-6H,(H2,18,21,22)(H2,19,23,24). The molecule has 0 atom stereocenters. The number of nitrogens with zero attached hydrogens (tertiary/aromatic N) is 5. The van der Waals surface area contributed by atoms with Crippen molar-refractivity contribution in [3.63, 3.8) is 0 Å². The lowest BCUT2D eigenvalue weighted by Gasteiger charge is -2.14. The highest BCUT2D eigenvalue weighted by Gasteiger charge is 2.34. The third-order valence-electron chi connectivity index (χ3n) is 3.17. The Morgan fingerprint density at radius 1 is 0.833 bits per heavy atom. The quantitative estimate of drug-likeness (QED) is 0.738. The molecule has 0 aliphatic carbocycles. The Bertz CT molecular complexity index is 878. The van der Waals surface area contributed by atoms with Gasteiger partial charge in [-0.2, -0.15) is 13.2 Å². The number of aromatic nitrogens is 5. The number of nitrogens with two attached hydrogens (primary N) is 2. The number of pyridine rings is 1. The molecule has 3 heterocycles. The van der Waals surface area contributed by atoms with Crippen LogP contribution in [0.1, 0.15) is 5.56 Å².